The number of aromatic amines is 2. The first-order valence-corrected chi connectivity index (χ1v) is 13.0. The standard InChI is InChI=1S/C31H27FN4O5/c1-16(2)14-34-29(38)22-12-18(5-9-21(22)24-15-35-31(40)36-30(24)39)19-6-10-25-23(13-19)27(28(33)37)26(41-25)11-17-3-7-20(32)8-4-17/h3-10,12-13,15-16H,11,14H2,1-2H3,(H2,33,37)(H,34,38)(H2,35,36,39,40). The number of hydrogen-bond acceptors (Lipinski definition) is 5. The number of furan rings is 1. The SMILES string of the molecule is CC(C)CNC(=O)c1cc(-c2ccc3oc(Cc4ccc(F)cc4)c(C(N)=O)c3c2)ccc1-c1c[nH]c(=O)[nH]c1=O. The molecule has 2 aromatic heterocycles. The highest BCUT2D eigenvalue weighted by molar-refractivity contribution is 6.08. The van der Waals surface area contributed by atoms with Gasteiger partial charge in [-0.1, -0.05) is 44.2 Å². The minimum Gasteiger partial charge on any atom is -0.460 e. The van der Waals surface area contributed by atoms with Crippen molar-refractivity contribution in [1.82, 2.24) is 15.3 Å². The van der Waals surface area contributed by atoms with Crippen LogP contribution in [0.3, 0.4) is 0 Å². The maximum Gasteiger partial charge on any atom is 0.325 e. The van der Waals surface area contributed by atoms with Crippen LogP contribution < -0.4 is 22.3 Å². The van der Waals surface area contributed by atoms with Crippen molar-refractivity contribution in [2.75, 3.05) is 6.54 Å². The van der Waals surface area contributed by atoms with E-state index in [0.717, 1.165) is 5.56 Å². The number of rotatable bonds is 8. The van der Waals surface area contributed by atoms with Crippen molar-refractivity contribution < 1.29 is 18.4 Å². The fraction of sp³-hybridized carbons (Fsp3) is 0.161. The minimum atomic E-state index is -0.667. The highest BCUT2D eigenvalue weighted by Crippen LogP contribution is 2.33. The fourth-order valence-electron chi connectivity index (χ4n) is 4.66. The zero-order valence-corrected chi connectivity index (χ0v) is 22.3. The zero-order valence-electron chi connectivity index (χ0n) is 22.3. The molecule has 0 aliphatic rings. The van der Waals surface area contributed by atoms with Gasteiger partial charge >= 0.3 is 5.69 Å². The molecule has 2 amide bonds. The maximum atomic E-state index is 13.4. The number of fused-ring (bicyclic) bond motifs is 1. The molecular formula is C31H27FN4O5. The lowest BCUT2D eigenvalue weighted by atomic mass is 9.94. The predicted octanol–water partition coefficient (Wildman–Crippen LogP) is 4.36. The summed E-state index contributed by atoms with van der Waals surface area (Å²) in [6.07, 6.45) is 1.51. The molecule has 5 N–H and O–H groups in total. The lowest BCUT2D eigenvalue weighted by Gasteiger charge is -2.13. The minimum absolute atomic E-state index is 0.137. The third kappa shape index (κ3) is 5.72. The fourth-order valence-corrected chi connectivity index (χ4v) is 4.66. The van der Waals surface area contributed by atoms with E-state index in [1.54, 1.807) is 48.5 Å². The van der Waals surface area contributed by atoms with Gasteiger partial charge < -0.3 is 20.5 Å². The van der Waals surface area contributed by atoms with E-state index in [2.05, 4.69) is 15.3 Å². The number of halogens is 1. The molecule has 10 heteroatoms. The molecule has 9 nitrogen and oxygen atoms in total. The number of amides is 2. The van der Waals surface area contributed by atoms with Crippen LogP contribution in [-0.2, 0) is 6.42 Å². The van der Waals surface area contributed by atoms with Gasteiger partial charge in [-0.3, -0.25) is 19.4 Å². The zero-order chi connectivity index (χ0) is 29.3. The van der Waals surface area contributed by atoms with E-state index in [4.69, 9.17) is 10.2 Å². The Bertz CT molecular complexity index is 1900. The van der Waals surface area contributed by atoms with Crippen LogP contribution in [0.1, 0.15) is 45.9 Å². The van der Waals surface area contributed by atoms with Crippen LogP contribution >= 0.6 is 0 Å². The molecule has 0 aliphatic carbocycles. The molecule has 0 radical (unpaired) electrons. The molecule has 208 valence electrons. The first-order valence-electron chi connectivity index (χ1n) is 13.0. The van der Waals surface area contributed by atoms with Gasteiger partial charge in [0.2, 0.25) is 0 Å². The highest BCUT2D eigenvalue weighted by Gasteiger charge is 2.21. The second-order valence-electron chi connectivity index (χ2n) is 10.1. The largest absolute Gasteiger partial charge is 0.460 e. The highest BCUT2D eigenvalue weighted by atomic mass is 19.1. The van der Waals surface area contributed by atoms with Crippen LogP contribution in [0.15, 0.2) is 80.9 Å². The van der Waals surface area contributed by atoms with E-state index in [9.17, 15) is 23.6 Å². The number of nitrogens with one attached hydrogen (secondary N) is 3. The van der Waals surface area contributed by atoms with Gasteiger partial charge in [0.1, 0.15) is 17.2 Å². The number of benzene rings is 3. The topological polar surface area (TPSA) is 151 Å². The van der Waals surface area contributed by atoms with Gasteiger partial charge in [-0.25, -0.2) is 9.18 Å². The van der Waals surface area contributed by atoms with Crippen LogP contribution in [-0.4, -0.2) is 28.3 Å². The molecular weight excluding hydrogens is 527 g/mol. The molecule has 41 heavy (non-hydrogen) atoms. The van der Waals surface area contributed by atoms with Gasteiger partial charge in [0.25, 0.3) is 17.4 Å². The van der Waals surface area contributed by atoms with Crippen molar-refractivity contribution >= 4 is 22.8 Å². The van der Waals surface area contributed by atoms with Crippen LogP contribution in [0.5, 0.6) is 0 Å². The summed E-state index contributed by atoms with van der Waals surface area (Å²) in [4.78, 5) is 54.5. The Labute approximate surface area is 233 Å². The number of aromatic nitrogens is 2. The van der Waals surface area contributed by atoms with E-state index in [0.29, 0.717) is 40.0 Å². The molecule has 0 bridgehead atoms. The van der Waals surface area contributed by atoms with Crippen molar-refractivity contribution in [3.63, 3.8) is 0 Å². The monoisotopic (exact) mass is 554 g/mol. The number of carbonyl (C=O) groups is 2. The smallest absolute Gasteiger partial charge is 0.325 e. The van der Waals surface area contributed by atoms with Gasteiger partial charge in [0, 0.05) is 35.7 Å². The molecule has 0 aliphatic heterocycles. The number of carbonyl (C=O) groups excluding carboxylic acids is 2. The van der Waals surface area contributed by atoms with E-state index in [1.807, 2.05) is 13.8 Å². The Morgan fingerprint density at radius 2 is 1.68 bits per heavy atom. The summed E-state index contributed by atoms with van der Waals surface area (Å²) in [5, 5.41) is 3.38. The second-order valence-corrected chi connectivity index (χ2v) is 10.1. The number of nitrogens with two attached hydrogens (primary N) is 1. The van der Waals surface area contributed by atoms with Gasteiger partial charge in [-0.2, -0.15) is 0 Å². The molecule has 0 fully saturated rings. The van der Waals surface area contributed by atoms with Crippen molar-refractivity contribution in [1.29, 1.82) is 0 Å². The Balaban J connectivity index is 1.61. The first-order chi connectivity index (χ1) is 19.6. The van der Waals surface area contributed by atoms with Crippen LogP contribution in [0.2, 0.25) is 0 Å². The van der Waals surface area contributed by atoms with Crippen molar-refractivity contribution in [3.8, 4) is 22.3 Å². The van der Waals surface area contributed by atoms with Gasteiger partial charge in [0.05, 0.1) is 11.1 Å². The summed E-state index contributed by atoms with van der Waals surface area (Å²) in [6, 6.07) is 16.2. The molecule has 5 aromatic rings. The Kier molecular flexibility index (Phi) is 7.39. The summed E-state index contributed by atoms with van der Waals surface area (Å²) >= 11 is 0. The van der Waals surface area contributed by atoms with Crippen molar-refractivity contribution in [3.05, 3.63) is 116 Å². The average Bonchev–Trinajstić information content (AvgIpc) is 3.30. The molecule has 0 atom stereocenters. The molecule has 2 heterocycles. The van der Waals surface area contributed by atoms with Crippen LogP contribution in [0, 0.1) is 11.7 Å². The number of hydrogen-bond donors (Lipinski definition) is 4. The van der Waals surface area contributed by atoms with E-state index >= 15 is 0 Å². The lowest BCUT2D eigenvalue weighted by Crippen LogP contribution is -2.29. The Morgan fingerprint density at radius 3 is 2.37 bits per heavy atom. The molecule has 0 unspecified atom stereocenters. The summed E-state index contributed by atoms with van der Waals surface area (Å²) in [5.41, 5.74) is 7.92. The second kappa shape index (κ2) is 11.1. The van der Waals surface area contributed by atoms with Gasteiger partial charge in [0.15, 0.2) is 0 Å². The number of primary amides is 1. The normalized spacial score (nSPS) is 11.2. The van der Waals surface area contributed by atoms with E-state index < -0.39 is 17.2 Å². The summed E-state index contributed by atoms with van der Waals surface area (Å²) in [7, 11) is 0. The maximum absolute atomic E-state index is 13.4. The van der Waals surface area contributed by atoms with Crippen LogP contribution in [0.25, 0.3) is 33.2 Å². The Hall–Kier alpha value is -5.25. The predicted molar refractivity (Wildman–Crippen MR) is 153 cm³/mol. The van der Waals surface area contributed by atoms with E-state index in [-0.39, 0.29) is 40.8 Å². The van der Waals surface area contributed by atoms with Crippen molar-refractivity contribution in [2.45, 2.75) is 20.3 Å². The summed E-state index contributed by atoms with van der Waals surface area (Å²) < 4.78 is 19.3. The molecule has 0 saturated carbocycles. The van der Waals surface area contributed by atoms with Crippen molar-refractivity contribution in [2.24, 2.45) is 11.7 Å². The van der Waals surface area contributed by atoms with Gasteiger partial charge in [-0.15, -0.1) is 0 Å². The third-order valence-corrected chi connectivity index (χ3v) is 6.66. The average molecular weight is 555 g/mol. The molecule has 3 aromatic carbocycles. The Morgan fingerprint density at radius 1 is 0.976 bits per heavy atom. The van der Waals surface area contributed by atoms with E-state index in [1.165, 1.54) is 18.3 Å². The first kappa shape index (κ1) is 27.3. The molecule has 5 rings (SSSR count). The number of H-pyrrole nitrogens is 2. The third-order valence-electron chi connectivity index (χ3n) is 6.66. The quantitative estimate of drug-likeness (QED) is 0.225. The molecule has 0 saturated heterocycles. The summed E-state index contributed by atoms with van der Waals surface area (Å²) in [6.45, 7) is 4.35. The summed E-state index contributed by atoms with van der Waals surface area (Å²) in [5.74, 6) is -0.865. The van der Waals surface area contributed by atoms with Gasteiger partial charge in [-0.05, 0) is 52.9 Å². The lowest BCUT2D eigenvalue weighted by molar-refractivity contribution is 0.0948. The molecule has 0 spiro atoms. The van der Waals surface area contributed by atoms with Crippen LogP contribution in [0.4, 0.5) is 4.39 Å².